The number of nitrogens with one attached hydrogen (secondary N) is 1. The van der Waals surface area contributed by atoms with Crippen LogP contribution in [0.25, 0.3) is 0 Å². The molecule has 0 aliphatic heterocycles. The SMILES string of the molecule is CC(C)(C)NC(=O)[CH]CCl. The lowest BCUT2D eigenvalue weighted by Gasteiger charge is -2.19. The summed E-state index contributed by atoms with van der Waals surface area (Å²) in [6.45, 7) is 5.77. The van der Waals surface area contributed by atoms with E-state index in [1.807, 2.05) is 20.8 Å². The minimum absolute atomic E-state index is 0.109. The van der Waals surface area contributed by atoms with Gasteiger partial charge in [0.1, 0.15) is 0 Å². The highest BCUT2D eigenvalue weighted by atomic mass is 35.5. The van der Waals surface area contributed by atoms with Crippen LogP contribution >= 0.6 is 11.6 Å². The molecule has 59 valence electrons. The Balaban J connectivity index is 3.58. The number of hydrogen-bond donors (Lipinski definition) is 1. The molecule has 0 aromatic heterocycles. The molecular formula is C7H13ClNO. The zero-order valence-electron chi connectivity index (χ0n) is 6.57. The minimum atomic E-state index is -0.167. The molecule has 0 fully saturated rings. The van der Waals surface area contributed by atoms with E-state index >= 15 is 0 Å². The zero-order chi connectivity index (χ0) is 8.20. The van der Waals surface area contributed by atoms with Gasteiger partial charge in [0, 0.05) is 11.4 Å². The first-order valence-electron chi connectivity index (χ1n) is 3.17. The molecule has 1 radical (unpaired) electrons. The summed E-state index contributed by atoms with van der Waals surface area (Å²) in [5, 5.41) is 2.74. The second-order valence-electron chi connectivity index (χ2n) is 3.10. The number of carbonyl (C=O) groups is 1. The van der Waals surface area contributed by atoms with E-state index in [1.165, 1.54) is 6.42 Å². The largest absolute Gasteiger partial charge is 0.351 e. The first kappa shape index (κ1) is 9.76. The molecule has 0 spiro atoms. The lowest BCUT2D eigenvalue weighted by atomic mass is 10.1. The Bertz CT molecular complexity index is 117. The van der Waals surface area contributed by atoms with Crippen molar-refractivity contribution in [1.82, 2.24) is 5.32 Å². The van der Waals surface area contributed by atoms with Gasteiger partial charge in [-0.05, 0) is 20.8 Å². The maximum atomic E-state index is 10.8. The van der Waals surface area contributed by atoms with Crippen LogP contribution in [-0.4, -0.2) is 17.3 Å². The molecule has 0 saturated carbocycles. The molecule has 1 amide bonds. The summed E-state index contributed by atoms with van der Waals surface area (Å²) in [6, 6.07) is 0. The van der Waals surface area contributed by atoms with E-state index in [0.29, 0.717) is 0 Å². The molecule has 0 rings (SSSR count). The van der Waals surface area contributed by atoms with Gasteiger partial charge in [0.2, 0.25) is 5.91 Å². The molecule has 0 aromatic carbocycles. The van der Waals surface area contributed by atoms with Crippen LogP contribution in [0.1, 0.15) is 20.8 Å². The fourth-order valence-corrected chi connectivity index (χ4v) is 0.631. The van der Waals surface area contributed by atoms with Crippen LogP contribution in [0, 0.1) is 6.42 Å². The third-order valence-electron chi connectivity index (χ3n) is 0.761. The van der Waals surface area contributed by atoms with Gasteiger partial charge in [-0.2, -0.15) is 0 Å². The highest BCUT2D eigenvalue weighted by Crippen LogP contribution is 1.98. The Kier molecular flexibility index (Phi) is 3.72. The number of rotatable bonds is 2. The van der Waals surface area contributed by atoms with E-state index in [-0.39, 0.29) is 17.3 Å². The molecule has 1 N–H and O–H groups in total. The van der Waals surface area contributed by atoms with Gasteiger partial charge < -0.3 is 5.32 Å². The standard InChI is InChI=1S/C7H13ClNO/c1-7(2,3)9-6(10)4-5-8/h4H,5H2,1-3H3,(H,9,10). The maximum absolute atomic E-state index is 10.8. The summed E-state index contributed by atoms with van der Waals surface area (Å²) in [7, 11) is 0. The second kappa shape index (κ2) is 3.81. The third kappa shape index (κ3) is 5.89. The Morgan fingerprint density at radius 3 is 2.40 bits per heavy atom. The minimum Gasteiger partial charge on any atom is -0.351 e. The van der Waals surface area contributed by atoms with E-state index in [9.17, 15) is 4.79 Å². The van der Waals surface area contributed by atoms with Crippen molar-refractivity contribution in [1.29, 1.82) is 0 Å². The van der Waals surface area contributed by atoms with E-state index < -0.39 is 0 Å². The van der Waals surface area contributed by atoms with Crippen molar-refractivity contribution < 1.29 is 4.79 Å². The molecule has 0 aliphatic rings. The van der Waals surface area contributed by atoms with Crippen LogP contribution in [0.4, 0.5) is 0 Å². The number of carbonyl (C=O) groups excluding carboxylic acids is 1. The molecule has 0 unspecified atom stereocenters. The highest BCUT2D eigenvalue weighted by Gasteiger charge is 2.12. The Labute approximate surface area is 66.9 Å². The first-order valence-corrected chi connectivity index (χ1v) is 3.70. The van der Waals surface area contributed by atoms with Crippen molar-refractivity contribution in [3.05, 3.63) is 6.42 Å². The highest BCUT2D eigenvalue weighted by molar-refractivity contribution is 6.20. The van der Waals surface area contributed by atoms with Gasteiger partial charge in [0.05, 0.1) is 6.42 Å². The fraction of sp³-hybridized carbons (Fsp3) is 0.714. The maximum Gasteiger partial charge on any atom is 0.225 e. The van der Waals surface area contributed by atoms with Gasteiger partial charge in [-0.25, -0.2) is 0 Å². The summed E-state index contributed by atoms with van der Waals surface area (Å²) >= 11 is 5.31. The van der Waals surface area contributed by atoms with Crippen molar-refractivity contribution in [2.45, 2.75) is 26.3 Å². The molecule has 2 nitrogen and oxygen atoms in total. The van der Waals surface area contributed by atoms with Gasteiger partial charge >= 0.3 is 0 Å². The van der Waals surface area contributed by atoms with E-state index in [4.69, 9.17) is 11.6 Å². The monoisotopic (exact) mass is 162 g/mol. The lowest BCUT2D eigenvalue weighted by Crippen LogP contribution is -2.40. The van der Waals surface area contributed by atoms with Crippen molar-refractivity contribution >= 4 is 17.5 Å². The summed E-state index contributed by atoms with van der Waals surface area (Å²) < 4.78 is 0. The molecule has 0 heterocycles. The first-order chi connectivity index (χ1) is 4.45. The molecular weight excluding hydrogens is 150 g/mol. The van der Waals surface area contributed by atoms with Crippen molar-refractivity contribution in [2.75, 3.05) is 5.88 Å². The smallest absolute Gasteiger partial charge is 0.225 e. The number of alkyl halides is 1. The number of halogens is 1. The van der Waals surface area contributed by atoms with Gasteiger partial charge in [0.15, 0.2) is 0 Å². The predicted molar refractivity (Wildman–Crippen MR) is 42.9 cm³/mol. The molecule has 3 heteroatoms. The van der Waals surface area contributed by atoms with Crippen LogP contribution in [-0.2, 0) is 4.79 Å². The summed E-state index contributed by atoms with van der Waals surface area (Å²) in [6.07, 6.45) is 1.41. The van der Waals surface area contributed by atoms with E-state index in [1.54, 1.807) is 0 Å². The molecule has 0 aliphatic carbocycles. The van der Waals surface area contributed by atoms with Crippen LogP contribution in [0.3, 0.4) is 0 Å². The predicted octanol–water partition coefficient (Wildman–Crippen LogP) is 1.34. The number of amides is 1. The topological polar surface area (TPSA) is 29.1 Å². The third-order valence-corrected chi connectivity index (χ3v) is 0.915. The molecule has 0 bridgehead atoms. The van der Waals surface area contributed by atoms with Gasteiger partial charge in [-0.1, -0.05) is 0 Å². The summed E-state index contributed by atoms with van der Waals surface area (Å²) in [5.74, 6) is 0.157. The van der Waals surface area contributed by atoms with Crippen LogP contribution in [0.2, 0.25) is 0 Å². The average Bonchev–Trinajstić information content (AvgIpc) is 1.59. The molecule has 10 heavy (non-hydrogen) atoms. The van der Waals surface area contributed by atoms with Gasteiger partial charge in [-0.15, -0.1) is 11.6 Å². The van der Waals surface area contributed by atoms with Crippen LogP contribution in [0.15, 0.2) is 0 Å². The van der Waals surface area contributed by atoms with Crippen molar-refractivity contribution in [2.24, 2.45) is 0 Å². The Hall–Kier alpha value is -0.240. The van der Waals surface area contributed by atoms with Gasteiger partial charge in [-0.3, -0.25) is 4.79 Å². The van der Waals surface area contributed by atoms with Crippen LogP contribution in [0.5, 0.6) is 0 Å². The van der Waals surface area contributed by atoms with Gasteiger partial charge in [0.25, 0.3) is 0 Å². The van der Waals surface area contributed by atoms with Crippen molar-refractivity contribution in [3.8, 4) is 0 Å². The Morgan fingerprint density at radius 2 is 2.10 bits per heavy atom. The molecule has 0 aromatic rings. The fourth-order valence-electron chi connectivity index (χ4n) is 0.491. The second-order valence-corrected chi connectivity index (χ2v) is 3.41. The lowest BCUT2D eigenvalue weighted by molar-refractivity contribution is -0.119. The number of hydrogen-bond acceptors (Lipinski definition) is 1. The summed E-state index contributed by atoms with van der Waals surface area (Å²) in [5.41, 5.74) is -0.167. The van der Waals surface area contributed by atoms with E-state index in [2.05, 4.69) is 5.32 Å². The van der Waals surface area contributed by atoms with Crippen LogP contribution < -0.4 is 5.32 Å². The van der Waals surface area contributed by atoms with Crippen molar-refractivity contribution in [3.63, 3.8) is 0 Å². The Morgan fingerprint density at radius 1 is 1.60 bits per heavy atom. The molecule has 0 atom stereocenters. The normalized spacial score (nSPS) is 11.2. The molecule has 0 saturated heterocycles. The summed E-state index contributed by atoms with van der Waals surface area (Å²) in [4.78, 5) is 10.8. The average molecular weight is 163 g/mol. The quantitative estimate of drug-likeness (QED) is 0.611. The zero-order valence-corrected chi connectivity index (χ0v) is 7.33. The van der Waals surface area contributed by atoms with E-state index in [0.717, 1.165) is 0 Å².